The Hall–Kier alpha value is -2.95. The van der Waals surface area contributed by atoms with E-state index >= 15 is 0 Å². The van der Waals surface area contributed by atoms with E-state index in [1.54, 1.807) is 12.3 Å². The van der Waals surface area contributed by atoms with Gasteiger partial charge in [-0.3, -0.25) is 4.79 Å². The Morgan fingerprint density at radius 3 is 2.67 bits per heavy atom. The van der Waals surface area contributed by atoms with Crippen molar-refractivity contribution in [3.8, 4) is 5.69 Å². The summed E-state index contributed by atoms with van der Waals surface area (Å²) in [7, 11) is 0. The molecular formula is C19H20N4O. The van der Waals surface area contributed by atoms with Gasteiger partial charge in [0.05, 0.1) is 23.1 Å². The number of carbonyl (C=O) groups excluding carboxylic acids is 1. The Kier molecular flexibility index (Phi) is 4.42. The number of rotatable bonds is 4. The number of benzene rings is 1. The van der Waals surface area contributed by atoms with Gasteiger partial charge < -0.3 is 5.32 Å². The van der Waals surface area contributed by atoms with E-state index in [4.69, 9.17) is 0 Å². The van der Waals surface area contributed by atoms with Gasteiger partial charge in [0.15, 0.2) is 0 Å². The molecule has 5 nitrogen and oxygen atoms in total. The maximum Gasteiger partial charge on any atom is 0.260 e. The molecule has 0 bridgehead atoms. The van der Waals surface area contributed by atoms with E-state index in [9.17, 15) is 4.79 Å². The summed E-state index contributed by atoms with van der Waals surface area (Å²) in [4.78, 5) is 16.8. The van der Waals surface area contributed by atoms with E-state index in [1.807, 2.05) is 48.9 Å². The smallest absolute Gasteiger partial charge is 0.260 e. The second-order valence-corrected chi connectivity index (χ2v) is 5.66. The second-order valence-electron chi connectivity index (χ2n) is 5.66. The zero-order valence-corrected chi connectivity index (χ0v) is 14.1. The molecule has 0 radical (unpaired) electrons. The Morgan fingerprint density at radius 2 is 1.92 bits per heavy atom. The molecule has 0 unspecified atom stereocenters. The van der Waals surface area contributed by atoms with Gasteiger partial charge in [0, 0.05) is 5.69 Å². The molecule has 0 spiro atoms. The van der Waals surface area contributed by atoms with Crippen LogP contribution >= 0.6 is 0 Å². The number of hydrogen-bond acceptors (Lipinski definition) is 3. The fourth-order valence-electron chi connectivity index (χ4n) is 2.69. The number of nitrogens with one attached hydrogen (secondary N) is 1. The maximum atomic E-state index is 12.5. The van der Waals surface area contributed by atoms with Crippen LogP contribution in [0.15, 0.2) is 48.7 Å². The Morgan fingerprint density at radius 1 is 1.12 bits per heavy atom. The molecule has 1 aromatic carbocycles. The number of aromatic nitrogens is 3. The molecule has 0 fully saturated rings. The summed E-state index contributed by atoms with van der Waals surface area (Å²) in [6.07, 6.45) is 2.51. The van der Waals surface area contributed by atoms with Crippen LogP contribution in [0.25, 0.3) is 5.69 Å². The van der Waals surface area contributed by atoms with Crippen molar-refractivity contribution in [1.82, 2.24) is 14.8 Å². The molecule has 3 aromatic rings. The lowest BCUT2D eigenvalue weighted by molar-refractivity contribution is 0.102. The number of carbonyl (C=O) groups is 1. The number of anilines is 1. The largest absolute Gasteiger partial charge is 0.306 e. The highest BCUT2D eigenvalue weighted by Crippen LogP contribution is 2.19. The first-order valence-electron chi connectivity index (χ1n) is 7.98. The SMILES string of the molecule is CCc1ccccc1-n1ncc(C(=O)Nc2cccc(C)n2)c1C. The Balaban J connectivity index is 1.91. The van der Waals surface area contributed by atoms with Crippen molar-refractivity contribution in [1.29, 1.82) is 0 Å². The summed E-state index contributed by atoms with van der Waals surface area (Å²) in [5.41, 5.74) is 4.41. The van der Waals surface area contributed by atoms with Crippen LogP contribution in [0.5, 0.6) is 0 Å². The lowest BCUT2D eigenvalue weighted by atomic mass is 10.1. The van der Waals surface area contributed by atoms with Crippen LogP contribution in [0, 0.1) is 13.8 Å². The summed E-state index contributed by atoms with van der Waals surface area (Å²) in [5, 5.41) is 7.24. The van der Waals surface area contributed by atoms with Gasteiger partial charge in [-0.2, -0.15) is 5.10 Å². The standard InChI is InChI=1S/C19H20N4O/c1-4-15-9-5-6-10-17(15)23-14(3)16(12-20-23)19(24)22-18-11-7-8-13(2)21-18/h5-12H,4H2,1-3H3,(H,21,22,24). The molecule has 0 saturated heterocycles. The topological polar surface area (TPSA) is 59.8 Å². The maximum absolute atomic E-state index is 12.5. The van der Waals surface area contributed by atoms with Crippen molar-refractivity contribution in [2.45, 2.75) is 27.2 Å². The van der Waals surface area contributed by atoms with Crippen LogP contribution in [-0.4, -0.2) is 20.7 Å². The molecule has 0 saturated carbocycles. The second kappa shape index (κ2) is 6.66. The molecular weight excluding hydrogens is 300 g/mol. The average molecular weight is 320 g/mol. The molecule has 0 aliphatic heterocycles. The van der Waals surface area contributed by atoms with E-state index in [2.05, 4.69) is 28.4 Å². The molecule has 24 heavy (non-hydrogen) atoms. The van der Waals surface area contributed by atoms with Crippen molar-refractivity contribution >= 4 is 11.7 Å². The van der Waals surface area contributed by atoms with Crippen LogP contribution in [-0.2, 0) is 6.42 Å². The van der Waals surface area contributed by atoms with Crippen molar-refractivity contribution in [2.75, 3.05) is 5.32 Å². The fraction of sp³-hybridized carbons (Fsp3) is 0.211. The number of aryl methyl sites for hydroxylation is 2. The van der Waals surface area contributed by atoms with Crippen LogP contribution in [0.4, 0.5) is 5.82 Å². The number of nitrogens with zero attached hydrogens (tertiary/aromatic N) is 3. The van der Waals surface area contributed by atoms with Gasteiger partial charge in [-0.05, 0) is 44.0 Å². The highest BCUT2D eigenvalue weighted by atomic mass is 16.1. The monoisotopic (exact) mass is 320 g/mol. The van der Waals surface area contributed by atoms with Gasteiger partial charge in [0.1, 0.15) is 5.82 Å². The Bertz CT molecular complexity index is 883. The first-order chi connectivity index (χ1) is 11.6. The van der Waals surface area contributed by atoms with Crippen LogP contribution in [0.3, 0.4) is 0 Å². The minimum absolute atomic E-state index is 0.203. The van der Waals surface area contributed by atoms with Gasteiger partial charge in [-0.25, -0.2) is 9.67 Å². The predicted octanol–water partition coefficient (Wildman–Crippen LogP) is 3.70. The van der Waals surface area contributed by atoms with E-state index in [-0.39, 0.29) is 5.91 Å². The summed E-state index contributed by atoms with van der Waals surface area (Å²) < 4.78 is 1.82. The number of hydrogen-bond donors (Lipinski definition) is 1. The normalized spacial score (nSPS) is 10.6. The fourth-order valence-corrected chi connectivity index (χ4v) is 2.69. The zero-order valence-electron chi connectivity index (χ0n) is 14.1. The molecule has 3 rings (SSSR count). The quantitative estimate of drug-likeness (QED) is 0.797. The van der Waals surface area contributed by atoms with Crippen LogP contribution in [0.2, 0.25) is 0 Å². The van der Waals surface area contributed by atoms with E-state index < -0.39 is 0 Å². The van der Waals surface area contributed by atoms with Crippen molar-refractivity contribution in [3.63, 3.8) is 0 Å². The third-order valence-corrected chi connectivity index (χ3v) is 3.99. The van der Waals surface area contributed by atoms with Gasteiger partial charge in [0.25, 0.3) is 5.91 Å². The molecule has 0 aliphatic rings. The highest BCUT2D eigenvalue weighted by molar-refractivity contribution is 6.04. The van der Waals surface area contributed by atoms with Gasteiger partial charge in [0.2, 0.25) is 0 Å². The highest BCUT2D eigenvalue weighted by Gasteiger charge is 2.16. The first kappa shape index (κ1) is 15.9. The summed E-state index contributed by atoms with van der Waals surface area (Å²) >= 11 is 0. The molecule has 2 aromatic heterocycles. The molecule has 2 heterocycles. The van der Waals surface area contributed by atoms with Gasteiger partial charge in [-0.15, -0.1) is 0 Å². The number of amides is 1. The van der Waals surface area contributed by atoms with Gasteiger partial charge in [-0.1, -0.05) is 31.2 Å². The third-order valence-electron chi connectivity index (χ3n) is 3.99. The minimum Gasteiger partial charge on any atom is -0.306 e. The van der Waals surface area contributed by atoms with Crippen LogP contribution < -0.4 is 5.32 Å². The van der Waals surface area contributed by atoms with Crippen molar-refractivity contribution < 1.29 is 4.79 Å². The van der Waals surface area contributed by atoms with E-state index in [0.29, 0.717) is 11.4 Å². The van der Waals surface area contributed by atoms with Gasteiger partial charge >= 0.3 is 0 Å². The molecule has 1 amide bonds. The molecule has 1 N–H and O–H groups in total. The van der Waals surface area contributed by atoms with E-state index in [0.717, 1.165) is 23.5 Å². The molecule has 0 atom stereocenters. The van der Waals surface area contributed by atoms with Crippen molar-refractivity contribution in [3.05, 3.63) is 71.2 Å². The lowest BCUT2D eigenvalue weighted by Crippen LogP contribution is -2.14. The molecule has 122 valence electrons. The summed E-state index contributed by atoms with van der Waals surface area (Å²) in [5.74, 6) is 0.340. The van der Waals surface area contributed by atoms with Crippen LogP contribution in [0.1, 0.15) is 34.2 Å². The summed E-state index contributed by atoms with van der Waals surface area (Å²) in [6, 6.07) is 13.6. The molecule has 5 heteroatoms. The average Bonchev–Trinajstić information content (AvgIpc) is 2.96. The first-order valence-corrected chi connectivity index (χ1v) is 7.98. The van der Waals surface area contributed by atoms with E-state index in [1.165, 1.54) is 5.56 Å². The predicted molar refractivity (Wildman–Crippen MR) is 94.6 cm³/mol. The summed E-state index contributed by atoms with van der Waals surface area (Å²) in [6.45, 7) is 5.90. The molecule has 0 aliphatic carbocycles. The Labute approximate surface area is 141 Å². The lowest BCUT2D eigenvalue weighted by Gasteiger charge is -2.10. The number of para-hydroxylation sites is 1. The minimum atomic E-state index is -0.203. The number of pyridine rings is 1. The third kappa shape index (κ3) is 3.06. The van der Waals surface area contributed by atoms with Crippen molar-refractivity contribution in [2.24, 2.45) is 0 Å². The zero-order chi connectivity index (χ0) is 17.1.